The van der Waals surface area contributed by atoms with Crippen LogP contribution in [-0.4, -0.2) is 150 Å². The Morgan fingerprint density at radius 1 is 0.712 bits per heavy atom. The molecule has 35 heteroatoms. The fourth-order valence-corrected chi connectivity index (χ4v) is 7.64. The molecule has 4 aliphatic rings. The zero-order valence-corrected chi connectivity index (χ0v) is 32.9. The van der Waals surface area contributed by atoms with E-state index in [4.69, 9.17) is 9.68 Å². The molecule has 324 valence electrons. The molecule has 32 nitrogen and oxygen atoms in total. The number of aliphatic imine (C=N–C) groups is 2. The molecule has 4 bridgehead atoms. The average Bonchev–Trinajstić information content (AvgIpc) is 3.88. The number of hydroxylamine groups is 8. The molecule has 0 radical (unpaired) electrons. The van der Waals surface area contributed by atoms with E-state index in [1.54, 1.807) is 0 Å². The number of aromatic nitrogens is 4. The van der Waals surface area contributed by atoms with Gasteiger partial charge in [0, 0.05) is 39.3 Å². The van der Waals surface area contributed by atoms with Crippen LogP contribution in [0.3, 0.4) is 0 Å². The first-order valence-corrected chi connectivity index (χ1v) is 20.2. The minimum absolute atomic E-state index is 0.104. The second kappa shape index (κ2) is 16.2. The summed E-state index contributed by atoms with van der Waals surface area (Å²) in [5, 5.41) is 9.15. The average molecular weight is 901 g/mol. The van der Waals surface area contributed by atoms with E-state index in [1.807, 2.05) is 0 Å². The fraction of sp³-hybridized carbons (Fsp3) is 0.500. The number of urea groups is 2. The third-order valence-electron chi connectivity index (χ3n) is 8.69. The summed E-state index contributed by atoms with van der Waals surface area (Å²) in [6.07, 6.45) is 2.69. The Morgan fingerprint density at radius 2 is 1.08 bits per heavy atom. The number of aryl methyl sites for hydroxylation is 2. The molecule has 2 aromatic rings. The van der Waals surface area contributed by atoms with Gasteiger partial charge in [0.2, 0.25) is 0 Å². The zero-order valence-electron chi connectivity index (χ0n) is 30.4. The van der Waals surface area contributed by atoms with Crippen molar-refractivity contribution in [3.8, 4) is 0 Å². The molecule has 2 fully saturated rings. The van der Waals surface area contributed by atoms with Crippen LogP contribution in [-0.2, 0) is 81.7 Å². The van der Waals surface area contributed by atoms with Gasteiger partial charge in [-0.15, -0.1) is 17.1 Å². The molecule has 4 aliphatic heterocycles. The maximum Gasteiger partial charge on any atom is 0.442 e. The minimum atomic E-state index is -5.15. The summed E-state index contributed by atoms with van der Waals surface area (Å²) in [6.45, 7) is -2.16. The molecule has 2 saturated heterocycles. The Bertz CT molecular complexity index is 2280. The molecule has 0 aromatic carbocycles. The highest BCUT2D eigenvalue weighted by Gasteiger charge is 2.54. The summed E-state index contributed by atoms with van der Waals surface area (Å²) in [5.74, 6) is -2.66. The highest BCUT2D eigenvalue weighted by molar-refractivity contribution is 7.81. The Balaban J connectivity index is 0.956. The van der Waals surface area contributed by atoms with Gasteiger partial charge in [-0.1, -0.05) is 0 Å². The van der Waals surface area contributed by atoms with Crippen LogP contribution in [0.5, 0.6) is 0 Å². The van der Waals surface area contributed by atoms with Gasteiger partial charge in [-0.2, -0.15) is 45.6 Å². The molecule has 6 heterocycles. The Morgan fingerprint density at radius 3 is 1.42 bits per heavy atom. The van der Waals surface area contributed by atoms with Crippen LogP contribution in [0.2, 0.25) is 0 Å². The van der Waals surface area contributed by atoms with Gasteiger partial charge in [-0.05, 0) is 0 Å². The number of amides is 6. The number of nitrogens with zero attached hydrogens (tertiary/aromatic N) is 10. The summed E-state index contributed by atoms with van der Waals surface area (Å²) < 4.78 is 108. The van der Waals surface area contributed by atoms with Crippen molar-refractivity contribution in [1.29, 1.82) is 0 Å². The third-order valence-corrected chi connectivity index (χ3v) is 9.96. The number of hydrogen-bond acceptors (Lipinski definition) is 20. The first-order chi connectivity index (χ1) is 27.6. The second-order valence-electron chi connectivity index (χ2n) is 12.2. The Kier molecular flexibility index (Phi) is 11.8. The SMILES string of the molecule is CN=C(NOCC(=O)NOS(=O)(=O)ONC(=O)CONC(=NC)[C@@H]1c2c(cnn2C)[C@@H]2CN1C(=O)N2OS(=O)(=O)O)[C@@H]1c2c(cnn2C)[C@@H]2CN1C(=O)N2OS(=O)(=O)O. The molecule has 0 aliphatic carbocycles. The highest BCUT2D eigenvalue weighted by Crippen LogP contribution is 2.45. The number of hydrogen-bond donors (Lipinski definition) is 6. The molecule has 0 spiro atoms. The zero-order chi connectivity index (χ0) is 43.2. The summed E-state index contributed by atoms with van der Waals surface area (Å²) in [4.78, 5) is 71.2. The van der Waals surface area contributed by atoms with Crippen molar-refractivity contribution in [1.82, 2.24) is 61.4 Å². The van der Waals surface area contributed by atoms with Gasteiger partial charge >= 0.3 is 43.3 Å². The van der Waals surface area contributed by atoms with Crippen molar-refractivity contribution >= 4 is 66.7 Å². The van der Waals surface area contributed by atoms with Crippen molar-refractivity contribution in [2.24, 2.45) is 24.1 Å². The number of fused-ring (bicyclic) bond motifs is 8. The van der Waals surface area contributed by atoms with E-state index in [9.17, 15) is 53.5 Å². The van der Waals surface area contributed by atoms with Crippen LogP contribution in [0.15, 0.2) is 22.4 Å². The van der Waals surface area contributed by atoms with Gasteiger partial charge in [-0.3, -0.25) is 58.7 Å². The van der Waals surface area contributed by atoms with E-state index in [1.165, 1.54) is 60.9 Å². The van der Waals surface area contributed by atoms with E-state index < -0.39 is 92.5 Å². The van der Waals surface area contributed by atoms with Gasteiger partial charge in [0.05, 0.1) is 36.9 Å². The molecule has 0 saturated carbocycles. The summed E-state index contributed by atoms with van der Waals surface area (Å²) in [5.41, 5.74) is 9.05. The first kappa shape index (κ1) is 43.0. The van der Waals surface area contributed by atoms with Gasteiger partial charge in [0.15, 0.2) is 13.2 Å². The number of carbonyl (C=O) groups excluding carboxylic acids is 4. The highest BCUT2D eigenvalue weighted by atomic mass is 32.3. The molecule has 0 unspecified atom stereocenters. The number of nitrogens with one attached hydrogen (secondary N) is 4. The molecule has 6 N–H and O–H groups in total. The Hall–Kier alpha value is -5.63. The van der Waals surface area contributed by atoms with Crippen molar-refractivity contribution < 1.29 is 80.3 Å². The predicted molar refractivity (Wildman–Crippen MR) is 183 cm³/mol. The van der Waals surface area contributed by atoms with Crippen LogP contribution in [0.4, 0.5) is 9.59 Å². The lowest BCUT2D eigenvalue weighted by atomic mass is 9.97. The van der Waals surface area contributed by atoms with Crippen molar-refractivity contribution in [2.45, 2.75) is 24.2 Å². The molecule has 6 amide bonds. The van der Waals surface area contributed by atoms with Gasteiger partial charge in [-0.25, -0.2) is 20.5 Å². The van der Waals surface area contributed by atoms with Crippen molar-refractivity contribution in [2.75, 3.05) is 40.4 Å². The first-order valence-electron chi connectivity index (χ1n) is 16.1. The van der Waals surface area contributed by atoms with Crippen molar-refractivity contribution in [3.05, 3.63) is 34.9 Å². The van der Waals surface area contributed by atoms with Crippen LogP contribution in [0.1, 0.15) is 46.7 Å². The molecule has 59 heavy (non-hydrogen) atoms. The van der Waals surface area contributed by atoms with Crippen molar-refractivity contribution in [3.63, 3.8) is 0 Å². The van der Waals surface area contributed by atoms with Crippen LogP contribution >= 0.6 is 0 Å². The van der Waals surface area contributed by atoms with Crippen LogP contribution in [0.25, 0.3) is 0 Å². The number of amidine groups is 2. The topological polar surface area (TPSA) is 388 Å². The maximum atomic E-state index is 13.1. The molecule has 6 rings (SSSR count). The van der Waals surface area contributed by atoms with E-state index in [2.05, 4.69) is 48.3 Å². The summed E-state index contributed by atoms with van der Waals surface area (Å²) >= 11 is 0. The molecular formula is C24H32N14O18S3. The quantitative estimate of drug-likeness (QED) is 0.0400. The van der Waals surface area contributed by atoms with E-state index in [-0.39, 0.29) is 24.8 Å². The lowest BCUT2D eigenvalue weighted by Crippen LogP contribution is -2.45. The lowest BCUT2D eigenvalue weighted by Gasteiger charge is -2.31. The standard InChI is InChI=1S/C24H32N14O18S3/c1-25-21(19-17-11(5-27-33(17)3)13-7-35(19)23(41)37(13)55-57(43,44)45)31-51-9-15(39)29-53-59(49,50)54-30-16(40)10-52-32-22(26-2)20-18-12(6-28-34(18)4)14-8-36(20)24(42)38(14)56-58(46,47)48/h5-6,13-14,19-20H,7-10H2,1-4H3,(H,25,31)(H,26,32)(H,29,39)(H,30,40)(H,43,44,45)(H,46,47,48)/t13-,14-,19-,20-/m0/s1. The normalized spacial score (nSPS) is 21.8. The largest absolute Gasteiger partial charge is 0.442 e. The van der Waals surface area contributed by atoms with E-state index in [0.717, 1.165) is 9.80 Å². The summed E-state index contributed by atoms with van der Waals surface area (Å²) in [6, 6.07) is -6.10. The third kappa shape index (κ3) is 8.87. The van der Waals surface area contributed by atoms with Crippen LogP contribution in [0, 0.1) is 0 Å². The summed E-state index contributed by atoms with van der Waals surface area (Å²) in [7, 11) is -9.70. The van der Waals surface area contributed by atoms with E-state index >= 15 is 0 Å². The maximum absolute atomic E-state index is 13.1. The molecular weight excluding hydrogens is 869 g/mol. The number of carbonyl (C=O) groups is 4. The lowest BCUT2D eigenvalue weighted by molar-refractivity contribution is -0.136. The van der Waals surface area contributed by atoms with Gasteiger partial charge < -0.3 is 9.80 Å². The monoisotopic (exact) mass is 900 g/mol. The number of rotatable bonds is 16. The molecule has 2 aromatic heterocycles. The van der Waals surface area contributed by atoms with Crippen LogP contribution < -0.4 is 21.9 Å². The fourth-order valence-electron chi connectivity index (χ4n) is 6.48. The molecule has 4 atom stereocenters. The predicted octanol–water partition coefficient (Wildman–Crippen LogP) is -4.57. The smallest absolute Gasteiger partial charge is 0.304 e. The Labute approximate surface area is 331 Å². The second-order valence-corrected chi connectivity index (χ2v) is 15.4. The van der Waals surface area contributed by atoms with E-state index in [0.29, 0.717) is 32.6 Å². The minimum Gasteiger partial charge on any atom is -0.304 e. The van der Waals surface area contributed by atoms with Gasteiger partial charge in [0.1, 0.15) is 35.8 Å². The van der Waals surface area contributed by atoms with Gasteiger partial charge in [0.25, 0.3) is 11.8 Å².